The van der Waals surface area contributed by atoms with Crippen LogP contribution in [0.15, 0.2) is 24.9 Å². The van der Waals surface area contributed by atoms with Gasteiger partial charge < -0.3 is 25.3 Å². The number of likely N-dealkylation sites (tertiary alicyclic amines) is 1. The van der Waals surface area contributed by atoms with Crippen molar-refractivity contribution in [2.45, 2.75) is 299 Å². The number of rotatable bonds is 47. The summed E-state index contributed by atoms with van der Waals surface area (Å²) in [6, 6.07) is 0.366. The number of allylic oxidation sites excluding steroid dienone is 2. The normalized spacial score (nSPS) is 15.0. The lowest BCUT2D eigenvalue weighted by Gasteiger charge is -2.24. The molecule has 412 valence electrons. The van der Waals surface area contributed by atoms with Gasteiger partial charge in [0.05, 0.1) is 6.61 Å². The number of ketones is 2. The van der Waals surface area contributed by atoms with Crippen molar-refractivity contribution < 1.29 is 25.3 Å². The van der Waals surface area contributed by atoms with Crippen molar-refractivity contribution in [3.05, 3.63) is 24.9 Å². The van der Waals surface area contributed by atoms with Crippen molar-refractivity contribution in [1.82, 2.24) is 10.2 Å². The number of unbranched alkanes of at least 4 members (excludes halogenated alkanes) is 23. The Bertz CT molecular complexity index is 1120. The molecule has 0 aromatic rings. The molecule has 0 aromatic carbocycles. The molecule has 0 amide bonds. The zero-order chi connectivity index (χ0) is 50.6. The summed E-state index contributed by atoms with van der Waals surface area (Å²) < 4.78 is 12.2. The lowest BCUT2D eigenvalue weighted by atomic mass is 9.98. The van der Waals surface area contributed by atoms with E-state index in [9.17, 15) is 14.4 Å². The third-order valence-corrected chi connectivity index (χ3v) is 13.7. The van der Waals surface area contributed by atoms with Gasteiger partial charge in [-0.3, -0.25) is 14.5 Å². The molecular formula is C61H123N3O5. The molecule has 69 heavy (non-hydrogen) atoms. The van der Waals surface area contributed by atoms with Crippen LogP contribution in [-0.2, 0) is 23.9 Å². The van der Waals surface area contributed by atoms with Gasteiger partial charge in [0.2, 0.25) is 0 Å². The molecule has 0 bridgehead atoms. The second kappa shape index (κ2) is 56.9. The Morgan fingerprint density at radius 1 is 0.696 bits per heavy atom. The quantitative estimate of drug-likeness (QED) is 0.0352. The third kappa shape index (κ3) is 50.7. The molecular weight excluding hydrogens is 855 g/mol. The van der Waals surface area contributed by atoms with Crippen LogP contribution in [-0.4, -0.2) is 74.5 Å². The first-order chi connectivity index (χ1) is 33.1. The van der Waals surface area contributed by atoms with E-state index in [0.717, 1.165) is 103 Å². The van der Waals surface area contributed by atoms with Gasteiger partial charge in [0.25, 0.3) is 0 Å². The third-order valence-electron chi connectivity index (χ3n) is 13.7. The van der Waals surface area contributed by atoms with Crippen LogP contribution < -0.4 is 11.1 Å². The van der Waals surface area contributed by atoms with Crippen molar-refractivity contribution in [3.8, 4) is 0 Å². The number of nitrogens with one attached hydrogen (secondary N) is 1. The number of nitrogens with two attached hydrogens (primary N) is 1. The molecule has 0 aliphatic carbocycles. The molecule has 8 heteroatoms. The van der Waals surface area contributed by atoms with Crippen LogP contribution in [0.3, 0.4) is 0 Å². The van der Waals surface area contributed by atoms with Crippen LogP contribution in [0.5, 0.6) is 0 Å². The SMILES string of the molecule is C.C=CC(CC)CCCCCCCCCC.CC=CNC.CCCCCCCCC(CCCCCCCC)OC(=O)CCCCCCCOC[C@@H]1CC(CC(=O)CCN)CN1CCCCCC(C)=O.[HH]. The molecule has 0 aromatic heterocycles. The highest BCUT2D eigenvalue weighted by atomic mass is 16.5. The van der Waals surface area contributed by atoms with Gasteiger partial charge in [-0.2, -0.15) is 0 Å². The van der Waals surface area contributed by atoms with E-state index in [1.165, 1.54) is 141 Å². The summed E-state index contributed by atoms with van der Waals surface area (Å²) >= 11 is 0. The standard InChI is InChI=1S/C41H78N2O5.C15H30.C4H9N.CH4.H2/c1-4-6-8-10-13-19-25-40(26-20-14-11-9-7-5-2)48-41(46)27-21-15-12-16-23-31-47-35-38-32-37(33-39(45)28-29-42)34-43(38)30-22-17-18-24-36(3)44;1-4-7-8-9-10-11-12-13-14-15(5-2)6-3;1-3-4-5-2;;/h37-38,40H,4-35,42H2,1-3H3;5,15H,2,4,6-14H2,1,3H3;3-5H,1-2H3;1H4;1H/t37?,38-;;;;/m0..../s1. The molecule has 3 atom stereocenters. The van der Waals surface area contributed by atoms with E-state index in [2.05, 4.69) is 50.6 Å². The fourth-order valence-electron chi connectivity index (χ4n) is 9.37. The zero-order valence-corrected chi connectivity index (χ0v) is 46.5. The van der Waals surface area contributed by atoms with Crippen LogP contribution in [0, 0.1) is 11.8 Å². The first-order valence-corrected chi connectivity index (χ1v) is 29.3. The minimum Gasteiger partial charge on any atom is -0.462 e. The average Bonchev–Trinajstić information content (AvgIpc) is 3.70. The first kappa shape index (κ1) is 71.2. The summed E-state index contributed by atoms with van der Waals surface area (Å²) in [7, 11) is 1.88. The predicted molar refractivity (Wildman–Crippen MR) is 304 cm³/mol. The van der Waals surface area contributed by atoms with Crippen LogP contribution >= 0.6 is 0 Å². The van der Waals surface area contributed by atoms with Crippen molar-refractivity contribution >= 4 is 17.5 Å². The highest BCUT2D eigenvalue weighted by molar-refractivity contribution is 5.78. The Hall–Kier alpha value is -2.03. The maximum absolute atomic E-state index is 12.7. The van der Waals surface area contributed by atoms with E-state index in [4.69, 9.17) is 15.2 Å². The summed E-state index contributed by atoms with van der Waals surface area (Å²) in [5.74, 6) is 1.71. The van der Waals surface area contributed by atoms with Gasteiger partial charge in [-0.1, -0.05) is 189 Å². The maximum atomic E-state index is 12.7. The highest BCUT2D eigenvalue weighted by Gasteiger charge is 2.32. The molecule has 0 saturated carbocycles. The monoisotopic (exact) mass is 978 g/mol. The van der Waals surface area contributed by atoms with E-state index in [0.29, 0.717) is 44.2 Å². The van der Waals surface area contributed by atoms with E-state index >= 15 is 0 Å². The predicted octanol–water partition coefficient (Wildman–Crippen LogP) is 17.3. The number of hydrogen-bond acceptors (Lipinski definition) is 8. The second-order valence-electron chi connectivity index (χ2n) is 20.3. The number of hydrogen-bond donors (Lipinski definition) is 2. The van der Waals surface area contributed by atoms with Gasteiger partial charge in [0.1, 0.15) is 17.7 Å². The smallest absolute Gasteiger partial charge is 0.306 e. The fourth-order valence-corrected chi connectivity index (χ4v) is 9.37. The van der Waals surface area contributed by atoms with Crippen LogP contribution in [0.4, 0.5) is 0 Å². The Morgan fingerprint density at radius 2 is 1.19 bits per heavy atom. The summed E-state index contributed by atoms with van der Waals surface area (Å²) in [6.45, 7) is 20.5. The van der Waals surface area contributed by atoms with Crippen LogP contribution in [0.25, 0.3) is 0 Å². The lowest BCUT2D eigenvalue weighted by Crippen LogP contribution is -2.34. The van der Waals surface area contributed by atoms with Crippen LogP contribution in [0.1, 0.15) is 288 Å². The molecule has 0 spiro atoms. The zero-order valence-electron chi connectivity index (χ0n) is 46.5. The van der Waals surface area contributed by atoms with Crippen molar-refractivity contribution in [2.24, 2.45) is 17.6 Å². The Balaban J connectivity index is -0.000000824. The molecule has 1 heterocycles. The molecule has 3 N–H and O–H groups in total. The number of carbonyl (C=O) groups is 3. The summed E-state index contributed by atoms with van der Waals surface area (Å²) in [5.41, 5.74) is 5.60. The van der Waals surface area contributed by atoms with E-state index in [1.54, 1.807) is 6.92 Å². The molecule has 8 nitrogen and oxygen atoms in total. The number of Topliss-reactive ketones (excluding diaryl/α,β-unsaturated/α-hetero) is 2. The summed E-state index contributed by atoms with van der Waals surface area (Å²) in [6.07, 6.45) is 49.2. The fraction of sp³-hybridized carbons (Fsp3) is 0.885. The average molecular weight is 979 g/mol. The molecule has 1 saturated heterocycles. The van der Waals surface area contributed by atoms with Crippen LogP contribution in [0.2, 0.25) is 0 Å². The van der Waals surface area contributed by atoms with Gasteiger partial charge in [-0.25, -0.2) is 0 Å². The molecule has 0 radical (unpaired) electrons. The summed E-state index contributed by atoms with van der Waals surface area (Å²) in [4.78, 5) is 38.7. The Labute approximate surface area is 432 Å². The van der Waals surface area contributed by atoms with Crippen molar-refractivity contribution in [1.29, 1.82) is 0 Å². The Kier molecular flexibility index (Phi) is 58.7. The minimum atomic E-state index is 0. The van der Waals surface area contributed by atoms with E-state index in [-0.39, 0.29) is 32.5 Å². The first-order valence-electron chi connectivity index (χ1n) is 29.3. The molecule has 2 unspecified atom stereocenters. The largest absolute Gasteiger partial charge is 0.462 e. The topological polar surface area (TPSA) is 111 Å². The van der Waals surface area contributed by atoms with Gasteiger partial charge in [-0.15, -0.1) is 6.58 Å². The molecule has 1 rings (SSSR count). The molecule has 1 aliphatic rings. The van der Waals surface area contributed by atoms with Gasteiger partial charge in [-0.05, 0) is 116 Å². The number of ether oxygens (including phenoxy) is 2. The van der Waals surface area contributed by atoms with E-state index < -0.39 is 0 Å². The summed E-state index contributed by atoms with van der Waals surface area (Å²) in [5, 5.41) is 2.84. The second-order valence-corrected chi connectivity index (χ2v) is 20.3. The van der Waals surface area contributed by atoms with Crippen molar-refractivity contribution in [2.75, 3.05) is 39.9 Å². The highest BCUT2D eigenvalue weighted by Crippen LogP contribution is 2.28. The van der Waals surface area contributed by atoms with Crippen molar-refractivity contribution in [3.63, 3.8) is 0 Å². The van der Waals surface area contributed by atoms with Gasteiger partial charge in [0.15, 0.2) is 0 Å². The number of nitrogens with zero attached hydrogens (tertiary/aromatic N) is 1. The number of esters is 1. The Morgan fingerprint density at radius 3 is 1.67 bits per heavy atom. The number of carbonyl (C=O) groups excluding carboxylic acids is 3. The van der Waals surface area contributed by atoms with E-state index in [1.807, 2.05) is 26.2 Å². The lowest BCUT2D eigenvalue weighted by molar-refractivity contribution is -0.150. The molecule has 1 aliphatic heterocycles. The minimum absolute atomic E-state index is 0. The van der Waals surface area contributed by atoms with Gasteiger partial charge in [0, 0.05) is 53.4 Å². The molecule has 1 fully saturated rings. The van der Waals surface area contributed by atoms with Gasteiger partial charge >= 0.3 is 5.97 Å². The maximum Gasteiger partial charge on any atom is 0.306 e.